The number of rotatable bonds is 11. The molecule has 0 spiro atoms. The molecule has 10 amide bonds. The van der Waals surface area contributed by atoms with Crippen LogP contribution in [-0.4, -0.2) is 179 Å². The molecule has 2 unspecified atom stereocenters. The van der Waals surface area contributed by atoms with E-state index in [9.17, 15) is 58.2 Å². The van der Waals surface area contributed by atoms with Crippen LogP contribution in [0.15, 0.2) is 30.3 Å². The van der Waals surface area contributed by atoms with E-state index in [2.05, 4.69) is 37.2 Å². The summed E-state index contributed by atoms with van der Waals surface area (Å²) in [5, 5.41) is 39.4. The zero-order chi connectivity index (χ0) is 54.9. The second-order valence-corrected chi connectivity index (χ2v) is 20.2. The molecule has 22 heteroatoms. The van der Waals surface area contributed by atoms with Crippen molar-refractivity contribution in [1.82, 2.24) is 51.9 Å². The molecule has 1 saturated heterocycles. The maximum atomic E-state index is 14.5. The first-order valence-electron chi connectivity index (χ1n) is 24.8. The van der Waals surface area contributed by atoms with Gasteiger partial charge < -0.3 is 62.1 Å². The number of nitrogens with one attached hydrogen (secondary N) is 7. The van der Waals surface area contributed by atoms with E-state index in [0.29, 0.717) is 12.0 Å². The predicted molar refractivity (Wildman–Crippen MR) is 268 cm³/mol. The Labute approximate surface area is 424 Å². The number of hydrogen-bond donors (Lipinski definition) is 9. The molecule has 10 atom stereocenters. The standard InChI is InChI=1S/C50H82N10O12/c1-15-30(10)40-45(67)54-34(25-61)43(65)56-39(28(6)7)50(72)59(13)41(29(8)9)46(68)52-23-36(63)53-33(21-26(2)3)48(70)60(14)42(31(11)62)47(69)57-38(27(4)5)49(71)58(12)35(22-32-19-17-16-18-20-32)44(66)51-24-37(64)55-40/h16-20,26-31,33-35,38-42,61-62H,15,21-25H2,1-14H3,(H,51,66)(H,52,68)(H,53,63)(H,54,67)(H,55,64)(H,56,65)(H,57,69)/t30?,31?,33-,34-,35-,38-,39-,40-,41-,42-/m0/s1. The monoisotopic (exact) mass is 1010 g/mol. The Kier molecular flexibility index (Phi) is 24.8. The van der Waals surface area contributed by atoms with Crippen LogP contribution in [0.4, 0.5) is 0 Å². The second kappa shape index (κ2) is 28.8. The molecule has 404 valence electrons. The van der Waals surface area contributed by atoms with E-state index >= 15 is 0 Å². The molecule has 1 aromatic carbocycles. The number of carbonyl (C=O) groups excluding carboxylic acids is 10. The van der Waals surface area contributed by atoms with E-state index in [0.717, 1.165) is 14.7 Å². The maximum absolute atomic E-state index is 14.5. The molecule has 22 nitrogen and oxygen atoms in total. The smallest absolute Gasteiger partial charge is 0.246 e. The Morgan fingerprint density at radius 3 is 1.53 bits per heavy atom. The number of aliphatic hydroxyl groups excluding tert-OH is 2. The molecule has 1 aliphatic rings. The van der Waals surface area contributed by atoms with Gasteiger partial charge in [-0.1, -0.05) is 106 Å². The minimum Gasteiger partial charge on any atom is -0.394 e. The largest absolute Gasteiger partial charge is 0.394 e. The minimum absolute atomic E-state index is 0.0319. The first-order chi connectivity index (χ1) is 33.6. The third kappa shape index (κ3) is 17.6. The normalized spacial score (nSPS) is 26.1. The number of amides is 10. The highest BCUT2D eigenvalue weighted by atomic mass is 16.3. The molecule has 1 aromatic rings. The zero-order valence-electron chi connectivity index (χ0n) is 44.5. The molecule has 0 saturated carbocycles. The van der Waals surface area contributed by atoms with E-state index < -0.39 is 157 Å². The summed E-state index contributed by atoms with van der Waals surface area (Å²) in [5.74, 6) is -10.4. The highest BCUT2D eigenvalue weighted by Gasteiger charge is 2.41. The summed E-state index contributed by atoms with van der Waals surface area (Å²) < 4.78 is 0. The van der Waals surface area contributed by atoms with E-state index in [1.807, 2.05) is 0 Å². The third-order valence-electron chi connectivity index (χ3n) is 12.8. The van der Waals surface area contributed by atoms with Gasteiger partial charge in [-0.15, -0.1) is 0 Å². The molecular formula is C50H82N10O12. The summed E-state index contributed by atoms with van der Waals surface area (Å²) in [6.45, 7) is 16.0. The van der Waals surface area contributed by atoms with Crippen molar-refractivity contribution >= 4 is 59.1 Å². The average molecular weight is 1020 g/mol. The van der Waals surface area contributed by atoms with Crippen LogP contribution < -0.4 is 37.2 Å². The van der Waals surface area contributed by atoms with Gasteiger partial charge in [0.25, 0.3) is 0 Å². The zero-order valence-corrected chi connectivity index (χ0v) is 44.5. The fourth-order valence-electron chi connectivity index (χ4n) is 8.40. The highest BCUT2D eigenvalue weighted by molar-refractivity contribution is 5.99. The van der Waals surface area contributed by atoms with Crippen LogP contribution >= 0.6 is 0 Å². The number of likely N-dealkylation sites (N-methyl/N-ethyl adjacent to an activating group) is 3. The van der Waals surface area contributed by atoms with Crippen LogP contribution in [0.3, 0.4) is 0 Å². The Morgan fingerprint density at radius 1 is 0.542 bits per heavy atom. The van der Waals surface area contributed by atoms with Gasteiger partial charge in [-0.05, 0) is 48.5 Å². The van der Waals surface area contributed by atoms with Gasteiger partial charge in [-0.2, -0.15) is 0 Å². The Balaban J connectivity index is 2.75. The van der Waals surface area contributed by atoms with Crippen molar-refractivity contribution in [2.24, 2.45) is 29.6 Å². The molecule has 0 radical (unpaired) electrons. The van der Waals surface area contributed by atoms with Crippen LogP contribution in [0.5, 0.6) is 0 Å². The first-order valence-corrected chi connectivity index (χ1v) is 24.8. The van der Waals surface area contributed by atoms with E-state index in [4.69, 9.17) is 0 Å². The summed E-state index contributed by atoms with van der Waals surface area (Å²) in [6.07, 6.45) is -1.08. The number of nitrogens with zero attached hydrogens (tertiary/aromatic N) is 3. The highest BCUT2D eigenvalue weighted by Crippen LogP contribution is 2.18. The van der Waals surface area contributed by atoms with Crippen molar-refractivity contribution in [3.8, 4) is 0 Å². The van der Waals surface area contributed by atoms with Crippen molar-refractivity contribution < 1.29 is 58.2 Å². The SMILES string of the molecule is CCC(C)[C@@H]1NC(=O)CNC(=O)[C@H](Cc2ccccc2)N(C)C(=O)[C@H](C(C)C)NC(=O)[C@H](C(C)O)N(C)C(=O)[C@H](CC(C)C)NC(=O)CNC(=O)[C@H](C(C)C)N(C)C(=O)[C@H](C(C)C)NC(=O)[C@H](CO)NC1=O. The van der Waals surface area contributed by atoms with Crippen molar-refractivity contribution in [2.45, 2.75) is 150 Å². The summed E-state index contributed by atoms with van der Waals surface area (Å²) >= 11 is 0. The molecule has 1 aliphatic heterocycles. The second-order valence-electron chi connectivity index (χ2n) is 20.2. The Hall–Kier alpha value is -6.16. The molecular weight excluding hydrogens is 933 g/mol. The lowest BCUT2D eigenvalue weighted by molar-refractivity contribution is -0.148. The van der Waals surface area contributed by atoms with Crippen molar-refractivity contribution in [3.63, 3.8) is 0 Å². The van der Waals surface area contributed by atoms with Gasteiger partial charge in [-0.25, -0.2) is 0 Å². The lowest BCUT2D eigenvalue weighted by Gasteiger charge is -2.36. The van der Waals surface area contributed by atoms with Crippen LogP contribution in [0.25, 0.3) is 0 Å². The number of carbonyl (C=O) groups is 10. The van der Waals surface area contributed by atoms with E-state index in [1.54, 1.807) is 99.6 Å². The third-order valence-corrected chi connectivity index (χ3v) is 12.8. The summed E-state index contributed by atoms with van der Waals surface area (Å²) in [5.41, 5.74) is 0.649. The Bertz CT molecular complexity index is 2050. The van der Waals surface area contributed by atoms with Crippen LogP contribution in [0, 0.1) is 29.6 Å². The fraction of sp³-hybridized carbons (Fsp3) is 0.680. The fourth-order valence-corrected chi connectivity index (χ4v) is 8.40. The molecule has 9 N–H and O–H groups in total. The lowest BCUT2D eigenvalue weighted by atomic mass is 9.97. The molecule has 1 fully saturated rings. The van der Waals surface area contributed by atoms with E-state index in [-0.39, 0.29) is 18.8 Å². The van der Waals surface area contributed by atoms with Crippen molar-refractivity contribution in [1.29, 1.82) is 0 Å². The average Bonchev–Trinajstić information content (AvgIpc) is 3.31. The Morgan fingerprint density at radius 2 is 1.04 bits per heavy atom. The van der Waals surface area contributed by atoms with Gasteiger partial charge in [0, 0.05) is 27.6 Å². The molecule has 2 rings (SSSR count). The minimum atomic E-state index is -1.60. The van der Waals surface area contributed by atoms with Gasteiger partial charge in [-0.3, -0.25) is 47.9 Å². The number of benzene rings is 1. The van der Waals surface area contributed by atoms with Gasteiger partial charge >= 0.3 is 0 Å². The maximum Gasteiger partial charge on any atom is 0.246 e. The summed E-state index contributed by atoms with van der Waals surface area (Å²) in [6, 6.07) is -2.00. The topological polar surface area (TPSA) is 305 Å². The molecule has 0 aliphatic carbocycles. The van der Waals surface area contributed by atoms with Gasteiger partial charge in [0.15, 0.2) is 0 Å². The lowest BCUT2D eigenvalue weighted by Crippen LogP contribution is -2.63. The molecule has 0 bridgehead atoms. The van der Waals surface area contributed by atoms with Gasteiger partial charge in [0.1, 0.15) is 48.3 Å². The van der Waals surface area contributed by atoms with Gasteiger partial charge in [0.2, 0.25) is 59.1 Å². The van der Waals surface area contributed by atoms with E-state index in [1.165, 1.54) is 28.1 Å². The van der Waals surface area contributed by atoms with Crippen LogP contribution in [0.1, 0.15) is 94.6 Å². The first kappa shape index (κ1) is 62.0. The van der Waals surface area contributed by atoms with Crippen LogP contribution in [0.2, 0.25) is 0 Å². The quantitative estimate of drug-likeness (QED) is 0.127. The van der Waals surface area contributed by atoms with Crippen molar-refractivity contribution in [2.75, 3.05) is 40.8 Å². The van der Waals surface area contributed by atoms with Crippen molar-refractivity contribution in [3.05, 3.63) is 35.9 Å². The van der Waals surface area contributed by atoms with Gasteiger partial charge in [0.05, 0.1) is 25.8 Å². The molecule has 0 aromatic heterocycles. The number of aliphatic hydroxyl groups is 2. The summed E-state index contributed by atoms with van der Waals surface area (Å²) in [4.78, 5) is 143. The summed E-state index contributed by atoms with van der Waals surface area (Å²) in [7, 11) is 3.99. The van der Waals surface area contributed by atoms with Crippen LogP contribution in [-0.2, 0) is 54.4 Å². The predicted octanol–water partition coefficient (Wildman–Crippen LogP) is -1.19. The molecule has 1 heterocycles. The number of hydrogen-bond acceptors (Lipinski definition) is 12. The molecule has 72 heavy (non-hydrogen) atoms.